The van der Waals surface area contributed by atoms with Gasteiger partial charge in [-0.1, -0.05) is 0 Å². The van der Waals surface area contributed by atoms with Crippen LogP contribution in [0.3, 0.4) is 0 Å². The fourth-order valence-electron chi connectivity index (χ4n) is 0.542. The number of ether oxygens (including phenoxy) is 2. The van der Waals surface area contributed by atoms with E-state index in [0.29, 0.717) is 6.61 Å². The van der Waals surface area contributed by atoms with E-state index in [0.717, 1.165) is 5.75 Å². The van der Waals surface area contributed by atoms with Gasteiger partial charge in [0.25, 0.3) is 0 Å². The van der Waals surface area contributed by atoms with Crippen LogP contribution >= 0.6 is 11.8 Å². The summed E-state index contributed by atoms with van der Waals surface area (Å²) < 4.78 is 9.61. The third kappa shape index (κ3) is 5.09. The Balaban J connectivity index is 3.36. The number of carbonyl (C=O) groups is 1. The Morgan fingerprint density at radius 3 is 2.73 bits per heavy atom. The van der Waals surface area contributed by atoms with E-state index < -0.39 is 6.10 Å². The first kappa shape index (κ1) is 10.8. The van der Waals surface area contributed by atoms with Crippen molar-refractivity contribution in [2.75, 3.05) is 25.7 Å². The molecule has 0 N–H and O–H groups in total. The molecule has 3 nitrogen and oxygen atoms in total. The minimum atomic E-state index is -0.438. The number of esters is 1. The van der Waals surface area contributed by atoms with Crippen LogP contribution in [0.2, 0.25) is 0 Å². The van der Waals surface area contributed by atoms with Gasteiger partial charge in [0.05, 0.1) is 13.7 Å². The van der Waals surface area contributed by atoms with Crippen molar-refractivity contribution in [3.63, 3.8) is 0 Å². The zero-order valence-electron chi connectivity index (χ0n) is 7.12. The standard InChI is InChI=1S/C7H14O3S/c1-6(7(8)9-2)10-4-5-11-3/h6H,4-5H2,1-3H3. The molecule has 0 radical (unpaired) electrons. The van der Waals surface area contributed by atoms with Crippen molar-refractivity contribution in [1.82, 2.24) is 0 Å². The number of hydrogen-bond acceptors (Lipinski definition) is 4. The molecule has 0 amide bonds. The van der Waals surface area contributed by atoms with Crippen LogP contribution < -0.4 is 0 Å². The molecule has 0 aromatic rings. The number of carbonyl (C=O) groups excluding carboxylic acids is 1. The van der Waals surface area contributed by atoms with Crippen LogP contribution in [-0.2, 0) is 14.3 Å². The second-order valence-electron chi connectivity index (χ2n) is 2.03. The maximum Gasteiger partial charge on any atom is 0.334 e. The molecule has 0 aliphatic carbocycles. The summed E-state index contributed by atoms with van der Waals surface area (Å²) in [6.07, 6.45) is 1.55. The van der Waals surface area contributed by atoms with Gasteiger partial charge in [0.2, 0.25) is 0 Å². The second-order valence-corrected chi connectivity index (χ2v) is 3.01. The molecule has 0 aromatic heterocycles. The highest BCUT2D eigenvalue weighted by molar-refractivity contribution is 7.98. The molecule has 4 heteroatoms. The predicted octanol–water partition coefficient (Wildman–Crippen LogP) is 0.927. The molecule has 0 bridgehead atoms. The number of hydrogen-bond donors (Lipinski definition) is 0. The van der Waals surface area contributed by atoms with Gasteiger partial charge in [0.1, 0.15) is 0 Å². The van der Waals surface area contributed by atoms with Gasteiger partial charge in [-0.05, 0) is 13.2 Å². The average molecular weight is 178 g/mol. The average Bonchev–Trinajstić information content (AvgIpc) is 2.03. The summed E-state index contributed by atoms with van der Waals surface area (Å²) in [4.78, 5) is 10.8. The van der Waals surface area contributed by atoms with E-state index in [1.165, 1.54) is 7.11 Å². The van der Waals surface area contributed by atoms with Crippen LogP contribution in [0.15, 0.2) is 0 Å². The van der Waals surface area contributed by atoms with Crippen LogP contribution in [0.25, 0.3) is 0 Å². The van der Waals surface area contributed by atoms with Crippen molar-refractivity contribution in [2.24, 2.45) is 0 Å². The fourth-order valence-corrected chi connectivity index (χ4v) is 0.805. The van der Waals surface area contributed by atoms with Crippen molar-refractivity contribution in [2.45, 2.75) is 13.0 Å². The molecule has 11 heavy (non-hydrogen) atoms. The van der Waals surface area contributed by atoms with Crippen LogP contribution in [0.5, 0.6) is 0 Å². The van der Waals surface area contributed by atoms with Crippen molar-refractivity contribution in [3.05, 3.63) is 0 Å². The predicted molar refractivity (Wildman–Crippen MR) is 45.8 cm³/mol. The topological polar surface area (TPSA) is 35.5 Å². The zero-order chi connectivity index (χ0) is 8.69. The minimum Gasteiger partial charge on any atom is -0.467 e. The van der Waals surface area contributed by atoms with Gasteiger partial charge >= 0.3 is 5.97 Å². The van der Waals surface area contributed by atoms with E-state index in [1.54, 1.807) is 18.7 Å². The Morgan fingerprint density at radius 1 is 1.64 bits per heavy atom. The molecule has 1 unspecified atom stereocenters. The third-order valence-corrected chi connectivity index (χ3v) is 1.76. The molecule has 0 aliphatic rings. The first-order valence-electron chi connectivity index (χ1n) is 3.40. The number of rotatable bonds is 5. The molecular weight excluding hydrogens is 164 g/mol. The summed E-state index contributed by atoms with van der Waals surface area (Å²) in [5.41, 5.74) is 0. The molecule has 0 saturated heterocycles. The molecular formula is C7H14O3S. The lowest BCUT2D eigenvalue weighted by atomic mass is 10.4. The van der Waals surface area contributed by atoms with Crippen LogP contribution in [0.1, 0.15) is 6.92 Å². The lowest BCUT2D eigenvalue weighted by Crippen LogP contribution is -2.22. The Bertz CT molecular complexity index is 116. The highest BCUT2D eigenvalue weighted by Crippen LogP contribution is 1.96. The van der Waals surface area contributed by atoms with Gasteiger partial charge in [-0.2, -0.15) is 11.8 Å². The van der Waals surface area contributed by atoms with E-state index in [2.05, 4.69) is 4.74 Å². The zero-order valence-corrected chi connectivity index (χ0v) is 7.94. The summed E-state index contributed by atoms with van der Waals surface area (Å²) in [7, 11) is 1.36. The highest BCUT2D eigenvalue weighted by Gasteiger charge is 2.11. The van der Waals surface area contributed by atoms with E-state index >= 15 is 0 Å². The summed E-state index contributed by atoms with van der Waals surface area (Å²) in [6.45, 7) is 2.28. The third-order valence-electron chi connectivity index (χ3n) is 1.19. The Labute approximate surface area is 71.4 Å². The summed E-state index contributed by atoms with van der Waals surface area (Å²) in [6, 6.07) is 0. The summed E-state index contributed by atoms with van der Waals surface area (Å²) in [5.74, 6) is 0.590. The number of thioether (sulfide) groups is 1. The molecule has 0 aromatic carbocycles. The monoisotopic (exact) mass is 178 g/mol. The Kier molecular flexibility index (Phi) is 6.36. The van der Waals surface area contributed by atoms with E-state index in [-0.39, 0.29) is 5.97 Å². The smallest absolute Gasteiger partial charge is 0.334 e. The Hall–Kier alpha value is -0.220. The SMILES string of the molecule is COC(=O)C(C)OCCSC. The van der Waals surface area contributed by atoms with Crippen molar-refractivity contribution >= 4 is 17.7 Å². The molecule has 66 valence electrons. The van der Waals surface area contributed by atoms with Gasteiger partial charge in [-0.15, -0.1) is 0 Å². The van der Waals surface area contributed by atoms with E-state index in [4.69, 9.17) is 4.74 Å². The van der Waals surface area contributed by atoms with Gasteiger partial charge in [0, 0.05) is 5.75 Å². The first-order valence-corrected chi connectivity index (χ1v) is 4.80. The van der Waals surface area contributed by atoms with Crippen LogP contribution in [-0.4, -0.2) is 37.8 Å². The maximum atomic E-state index is 10.8. The largest absolute Gasteiger partial charge is 0.467 e. The van der Waals surface area contributed by atoms with Crippen molar-refractivity contribution < 1.29 is 14.3 Å². The van der Waals surface area contributed by atoms with Crippen molar-refractivity contribution in [1.29, 1.82) is 0 Å². The molecule has 0 rings (SSSR count). The molecule has 0 aliphatic heterocycles. The van der Waals surface area contributed by atoms with E-state index in [9.17, 15) is 4.79 Å². The summed E-state index contributed by atoms with van der Waals surface area (Å²) >= 11 is 1.69. The van der Waals surface area contributed by atoms with Crippen LogP contribution in [0.4, 0.5) is 0 Å². The molecule has 0 fully saturated rings. The minimum absolute atomic E-state index is 0.314. The lowest BCUT2D eigenvalue weighted by molar-refractivity contribution is -0.152. The molecule has 1 atom stereocenters. The maximum absolute atomic E-state index is 10.8. The highest BCUT2D eigenvalue weighted by atomic mass is 32.2. The summed E-state index contributed by atoms with van der Waals surface area (Å²) in [5, 5.41) is 0. The van der Waals surface area contributed by atoms with Gasteiger partial charge in [-0.3, -0.25) is 0 Å². The van der Waals surface area contributed by atoms with Gasteiger partial charge < -0.3 is 9.47 Å². The van der Waals surface area contributed by atoms with Gasteiger partial charge in [-0.25, -0.2) is 4.79 Å². The molecule has 0 heterocycles. The Morgan fingerprint density at radius 2 is 2.27 bits per heavy atom. The van der Waals surface area contributed by atoms with Gasteiger partial charge in [0.15, 0.2) is 6.10 Å². The van der Waals surface area contributed by atoms with Crippen molar-refractivity contribution in [3.8, 4) is 0 Å². The normalized spacial score (nSPS) is 12.6. The number of methoxy groups -OCH3 is 1. The second kappa shape index (κ2) is 6.49. The molecule has 0 spiro atoms. The van der Waals surface area contributed by atoms with E-state index in [1.807, 2.05) is 6.26 Å². The first-order chi connectivity index (χ1) is 5.22. The lowest BCUT2D eigenvalue weighted by Gasteiger charge is -2.09. The molecule has 0 saturated carbocycles. The van der Waals surface area contributed by atoms with Crippen LogP contribution in [0, 0.1) is 0 Å². The fraction of sp³-hybridized carbons (Fsp3) is 0.857. The quantitative estimate of drug-likeness (QED) is 0.463.